The number of nitrogens with one attached hydrogen (secondary N) is 3. The molecule has 0 heterocycles. The van der Waals surface area contributed by atoms with Crippen molar-refractivity contribution in [2.45, 2.75) is 51.2 Å². The summed E-state index contributed by atoms with van der Waals surface area (Å²) in [6, 6.07) is 24.1. The zero-order chi connectivity index (χ0) is 27.3. The molecule has 0 spiro atoms. The molecular weight excluding hydrogens is 490 g/mol. The average Bonchev–Trinajstić information content (AvgIpc) is 2.99. The largest absolute Gasteiger partial charge is 0.497 e. The molecule has 39 heavy (non-hydrogen) atoms. The van der Waals surface area contributed by atoms with Gasteiger partial charge in [0.1, 0.15) is 24.1 Å². The summed E-state index contributed by atoms with van der Waals surface area (Å²) in [4.78, 5) is 26.3. The number of anilines is 1. The summed E-state index contributed by atoms with van der Waals surface area (Å²) in [7, 11) is 1.64. The topological polar surface area (TPSA) is 88.7 Å². The molecule has 1 aliphatic rings. The van der Waals surface area contributed by atoms with E-state index in [4.69, 9.17) is 9.47 Å². The summed E-state index contributed by atoms with van der Waals surface area (Å²) < 4.78 is 11.0. The van der Waals surface area contributed by atoms with Gasteiger partial charge in [0.05, 0.1) is 7.11 Å². The first-order valence-corrected chi connectivity index (χ1v) is 13.8. The van der Waals surface area contributed by atoms with Gasteiger partial charge in [-0.25, -0.2) is 0 Å². The van der Waals surface area contributed by atoms with Crippen molar-refractivity contribution in [1.29, 1.82) is 0 Å². The Hall–Kier alpha value is -4.00. The van der Waals surface area contributed by atoms with Crippen LogP contribution in [0.25, 0.3) is 0 Å². The fourth-order valence-corrected chi connectivity index (χ4v) is 4.90. The van der Waals surface area contributed by atoms with Crippen molar-refractivity contribution >= 4 is 17.5 Å². The number of ether oxygens (including phenoxy) is 2. The monoisotopic (exact) mass is 529 g/mol. The third-order valence-electron chi connectivity index (χ3n) is 7.12. The van der Waals surface area contributed by atoms with Crippen LogP contribution in [0.1, 0.15) is 54.4 Å². The summed E-state index contributed by atoms with van der Waals surface area (Å²) in [6.45, 7) is 1.49. The van der Waals surface area contributed by atoms with Crippen LogP contribution in [0.2, 0.25) is 0 Å². The second kappa shape index (κ2) is 14.8. The zero-order valence-electron chi connectivity index (χ0n) is 22.7. The molecule has 7 nitrogen and oxygen atoms in total. The molecule has 4 rings (SSSR count). The van der Waals surface area contributed by atoms with Crippen LogP contribution in [0.3, 0.4) is 0 Å². The maximum absolute atomic E-state index is 13.2. The molecule has 1 aliphatic carbocycles. The molecule has 1 atom stereocenters. The summed E-state index contributed by atoms with van der Waals surface area (Å²) >= 11 is 0. The lowest BCUT2D eigenvalue weighted by Gasteiger charge is -2.26. The summed E-state index contributed by atoms with van der Waals surface area (Å²) in [6.07, 6.45) is 6.47. The van der Waals surface area contributed by atoms with Gasteiger partial charge >= 0.3 is 0 Å². The second-order valence-electron chi connectivity index (χ2n) is 10.0. The van der Waals surface area contributed by atoms with E-state index in [-0.39, 0.29) is 11.8 Å². The lowest BCUT2D eigenvalue weighted by Crippen LogP contribution is -2.48. The molecule has 0 bridgehead atoms. The lowest BCUT2D eigenvalue weighted by atomic mass is 9.84. The Morgan fingerprint density at radius 2 is 1.54 bits per heavy atom. The van der Waals surface area contributed by atoms with E-state index in [0.29, 0.717) is 43.3 Å². The number of carbonyl (C=O) groups is 2. The van der Waals surface area contributed by atoms with E-state index >= 15 is 0 Å². The Kier molecular flexibility index (Phi) is 10.6. The minimum atomic E-state index is -0.574. The Bertz CT molecular complexity index is 1160. The number of amides is 2. The number of rotatable bonds is 13. The highest BCUT2D eigenvalue weighted by molar-refractivity contribution is 5.97. The van der Waals surface area contributed by atoms with Crippen molar-refractivity contribution in [3.8, 4) is 11.5 Å². The number of carbonyl (C=O) groups excluding carboxylic acids is 2. The first-order valence-electron chi connectivity index (χ1n) is 13.8. The molecule has 0 aliphatic heterocycles. The molecule has 0 unspecified atom stereocenters. The van der Waals surface area contributed by atoms with Crippen LogP contribution >= 0.6 is 0 Å². The quantitative estimate of drug-likeness (QED) is 0.252. The van der Waals surface area contributed by atoms with Gasteiger partial charge in [0.25, 0.3) is 5.91 Å². The van der Waals surface area contributed by atoms with E-state index in [2.05, 4.69) is 16.0 Å². The second-order valence-corrected chi connectivity index (χ2v) is 10.0. The van der Waals surface area contributed by atoms with Crippen molar-refractivity contribution in [3.05, 3.63) is 90.0 Å². The highest BCUT2D eigenvalue weighted by Crippen LogP contribution is 2.27. The Labute approximate surface area is 231 Å². The number of hydrogen-bond donors (Lipinski definition) is 3. The highest BCUT2D eigenvalue weighted by atomic mass is 16.5. The van der Waals surface area contributed by atoms with Crippen LogP contribution < -0.4 is 25.4 Å². The Balaban J connectivity index is 1.30. The van der Waals surface area contributed by atoms with E-state index in [1.807, 2.05) is 54.6 Å². The van der Waals surface area contributed by atoms with Crippen molar-refractivity contribution in [2.24, 2.45) is 5.92 Å². The molecule has 3 N–H and O–H groups in total. The molecule has 0 aromatic heterocycles. The van der Waals surface area contributed by atoms with E-state index in [0.717, 1.165) is 29.8 Å². The third kappa shape index (κ3) is 9.06. The molecule has 206 valence electrons. The van der Waals surface area contributed by atoms with E-state index in [9.17, 15) is 9.59 Å². The number of benzene rings is 3. The van der Waals surface area contributed by atoms with Crippen molar-refractivity contribution in [3.63, 3.8) is 0 Å². The third-order valence-corrected chi connectivity index (χ3v) is 7.12. The van der Waals surface area contributed by atoms with E-state index < -0.39 is 6.04 Å². The van der Waals surface area contributed by atoms with Gasteiger partial charge in [-0.05, 0) is 66.4 Å². The SMILES string of the molecule is COc1ccc(NCCNC(=O)[C@H](CC2CCCCC2)NC(=O)c2ccc(OCc3ccccc3)cc2)cc1. The minimum absolute atomic E-state index is 0.145. The van der Waals surface area contributed by atoms with Crippen molar-refractivity contribution in [2.75, 3.05) is 25.5 Å². The predicted molar refractivity (Wildman–Crippen MR) is 154 cm³/mol. The first kappa shape index (κ1) is 28.0. The van der Waals surface area contributed by atoms with Gasteiger partial charge in [0, 0.05) is 24.3 Å². The van der Waals surface area contributed by atoms with Crippen LogP contribution in [-0.4, -0.2) is 38.1 Å². The van der Waals surface area contributed by atoms with Gasteiger partial charge in [-0.1, -0.05) is 62.4 Å². The van der Waals surface area contributed by atoms with Crippen LogP contribution in [0.5, 0.6) is 11.5 Å². The van der Waals surface area contributed by atoms with Gasteiger partial charge in [-0.2, -0.15) is 0 Å². The van der Waals surface area contributed by atoms with Crippen LogP contribution in [0.15, 0.2) is 78.9 Å². The maximum atomic E-state index is 13.2. The Morgan fingerprint density at radius 3 is 2.23 bits per heavy atom. The zero-order valence-corrected chi connectivity index (χ0v) is 22.7. The molecule has 1 fully saturated rings. The number of hydrogen-bond acceptors (Lipinski definition) is 5. The molecule has 3 aromatic carbocycles. The fraction of sp³-hybridized carbons (Fsp3) is 0.375. The Morgan fingerprint density at radius 1 is 0.846 bits per heavy atom. The van der Waals surface area contributed by atoms with Gasteiger partial charge in [-0.15, -0.1) is 0 Å². The smallest absolute Gasteiger partial charge is 0.251 e. The summed E-state index contributed by atoms with van der Waals surface area (Å²) in [5.74, 6) is 1.53. The highest BCUT2D eigenvalue weighted by Gasteiger charge is 2.26. The van der Waals surface area contributed by atoms with Crippen LogP contribution in [-0.2, 0) is 11.4 Å². The van der Waals surface area contributed by atoms with E-state index in [1.54, 1.807) is 31.4 Å². The summed E-state index contributed by atoms with van der Waals surface area (Å²) in [5, 5.41) is 9.30. The average molecular weight is 530 g/mol. The van der Waals surface area contributed by atoms with Gasteiger partial charge < -0.3 is 25.4 Å². The summed E-state index contributed by atoms with van der Waals surface area (Å²) in [5.41, 5.74) is 2.54. The first-order chi connectivity index (χ1) is 19.1. The lowest BCUT2D eigenvalue weighted by molar-refractivity contribution is -0.123. The molecule has 7 heteroatoms. The molecule has 0 saturated heterocycles. The molecule has 3 aromatic rings. The van der Waals surface area contributed by atoms with Gasteiger partial charge in [-0.3, -0.25) is 9.59 Å². The minimum Gasteiger partial charge on any atom is -0.497 e. The molecular formula is C32H39N3O4. The maximum Gasteiger partial charge on any atom is 0.251 e. The van der Waals surface area contributed by atoms with Crippen LogP contribution in [0, 0.1) is 5.92 Å². The van der Waals surface area contributed by atoms with Gasteiger partial charge in [0.2, 0.25) is 5.91 Å². The standard InChI is InChI=1S/C32H39N3O4/c1-38-28-18-14-27(15-19-28)33-20-21-34-32(37)30(22-24-8-4-2-5-9-24)35-31(36)26-12-16-29(17-13-26)39-23-25-10-6-3-7-11-25/h3,6-7,10-19,24,30,33H,2,4-5,8-9,20-23H2,1H3,(H,34,37)(H,35,36)/t30-/m0/s1. The van der Waals surface area contributed by atoms with Gasteiger partial charge in [0.15, 0.2) is 0 Å². The van der Waals surface area contributed by atoms with E-state index in [1.165, 1.54) is 19.3 Å². The predicted octanol–water partition coefficient (Wildman–Crippen LogP) is 5.57. The number of methoxy groups -OCH3 is 1. The molecule has 1 saturated carbocycles. The normalized spacial score (nSPS) is 14.2. The fourth-order valence-electron chi connectivity index (χ4n) is 4.90. The van der Waals surface area contributed by atoms with Crippen molar-refractivity contribution < 1.29 is 19.1 Å². The van der Waals surface area contributed by atoms with Crippen molar-refractivity contribution in [1.82, 2.24) is 10.6 Å². The molecule has 0 radical (unpaired) electrons. The molecule has 2 amide bonds. The van der Waals surface area contributed by atoms with Crippen LogP contribution in [0.4, 0.5) is 5.69 Å².